The van der Waals surface area contributed by atoms with Crippen LogP contribution in [0.1, 0.15) is 27.0 Å². The molecule has 1 atom stereocenters. The Hall–Kier alpha value is -0.680. The van der Waals surface area contributed by atoms with Gasteiger partial charge in [-0.3, -0.25) is 4.79 Å². The Kier molecular flexibility index (Phi) is 3.22. The van der Waals surface area contributed by atoms with Gasteiger partial charge in [0, 0.05) is 10.9 Å². The van der Waals surface area contributed by atoms with Crippen LogP contribution >= 0.6 is 27.3 Å². The number of alkyl halides is 1. The molecule has 0 radical (unpaired) electrons. The summed E-state index contributed by atoms with van der Waals surface area (Å²) in [6, 6.07) is 1.40. The van der Waals surface area contributed by atoms with Crippen LogP contribution in [0.2, 0.25) is 0 Å². The number of carboxylic acids is 1. The van der Waals surface area contributed by atoms with E-state index in [0.29, 0.717) is 5.56 Å². The van der Waals surface area contributed by atoms with Crippen LogP contribution in [0.3, 0.4) is 0 Å². The molecule has 1 aromatic heterocycles. The Labute approximate surface area is 87.5 Å². The molecule has 0 aliphatic rings. The van der Waals surface area contributed by atoms with Gasteiger partial charge in [0.15, 0.2) is 5.78 Å². The lowest BCUT2D eigenvalue weighted by molar-refractivity contribution is 0.0702. The van der Waals surface area contributed by atoms with Crippen LogP contribution in [-0.2, 0) is 0 Å². The van der Waals surface area contributed by atoms with Gasteiger partial charge in [-0.25, -0.2) is 4.79 Å². The molecule has 1 unspecified atom stereocenters. The van der Waals surface area contributed by atoms with Gasteiger partial charge in [-0.1, -0.05) is 15.9 Å². The normalized spacial score (nSPS) is 12.5. The molecule has 0 bridgehead atoms. The van der Waals surface area contributed by atoms with E-state index in [4.69, 9.17) is 5.11 Å². The lowest BCUT2D eigenvalue weighted by atomic mass is 10.2. The third kappa shape index (κ3) is 2.38. The number of halogens is 1. The van der Waals surface area contributed by atoms with Crippen molar-refractivity contribution in [3.63, 3.8) is 0 Å². The highest BCUT2D eigenvalue weighted by atomic mass is 79.9. The van der Waals surface area contributed by atoms with E-state index in [2.05, 4.69) is 15.9 Å². The SMILES string of the molecule is CC(Br)C(=O)c1csc(C(=O)O)c1. The summed E-state index contributed by atoms with van der Waals surface area (Å²) in [5.74, 6) is -1.09. The summed E-state index contributed by atoms with van der Waals surface area (Å²) in [4.78, 5) is 21.8. The first-order valence-corrected chi connectivity index (χ1v) is 5.32. The third-order valence-electron chi connectivity index (χ3n) is 1.46. The number of carbonyl (C=O) groups excluding carboxylic acids is 1. The Morgan fingerprint density at radius 3 is 2.62 bits per heavy atom. The largest absolute Gasteiger partial charge is 0.477 e. The quantitative estimate of drug-likeness (QED) is 0.673. The number of rotatable bonds is 3. The number of hydrogen-bond acceptors (Lipinski definition) is 3. The second-order valence-electron chi connectivity index (χ2n) is 2.49. The first kappa shape index (κ1) is 10.4. The number of carboxylic acid groups (broad SMARTS) is 1. The molecule has 3 nitrogen and oxygen atoms in total. The molecule has 0 aliphatic heterocycles. The molecule has 70 valence electrons. The van der Waals surface area contributed by atoms with Crippen molar-refractivity contribution in [1.29, 1.82) is 0 Å². The number of Topliss-reactive ketones (excluding diaryl/α,β-unsaturated/α-hetero) is 1. The van der Waals surface area contributed by atoms with Gasteiger partial charge < -0.3 is 5.11 Å². The highest BCUT2D eigenvalue weighted by molar-refractivity contribution is 9.10. The average molecular weight is 263 g/mol. The molecule has 5 heteroatoms. The maximum Gasteiger partial charge on any atom is 0.345 e. The van der Waals surface area contributed by atoms with E-state index < -0.39 is 5.97 Å². The number of thiophene rings is 1. The molecule has 0 aromatic carbocycles. The van der Waals surface area contributed by atoms with E-state index >= 15 is 0 Å². The molecule has 1 rings (SSSR count). The van der Waals surface area contributed by atoms with Crippen LogP contribution in [0.25, 0.3) is 0 Å². The molecule has 0 amide bonds. The standard InChI is InChI=1S/C8H7BrO3S/c1-4(9)7(10)5-2-6(8(11)12)13-3-5/h2-4H,1H3,(H,11,12). The van der Waals surface area contributed by atoms with Crippen molar-refractivity contribution in [2.24, 2.45) is 0 Å². The van der Waals surface area contributed by atoms with Crippen LogP contribution < -0.4 is 0 Å². The Balaban J connectivity index is 2.92. The second-order valence-corrected chi connectivity index (χ2v) is 4.77. The molecular formula is C8H7BrO3S. The fourth-order valence-corrected chi connectivity index (χ4v) is 1.81. The monoisotopic (exact) mass is 262 g/mol. The zero-order chi connectivity index (χ0) is 10.0. The number of aromatic carboxylic acids is 1. The molecule has 13 heavy (non-hydrogen) atoms. The summed E-state index contributed by atoms with van der Waals surface area (Å²) in [5, 5.41) is 10.2. The van der Waals surface area contributed by atoms with Crippen LogP contribution in [0, 0.1) is 0 Å². The summed E-state index contributed by atoms with van der Waals surface area (Å²) >= 11 is 4.19. The Morgan fingerprint density at radius 2 is 2.23 bits per heavy atom. The van der Waals surface area contributed by atoms with Gasteiger partial charge >= 0.3 is 5.97 Å². The third-order valence-corrected chi connectivity index (χ3v) is 2.79. The van der Waals surface area contributed by atoms with E-state index in [1.165, 1.54) is 6.07 Å². The Bertz CT molecular complexity index is 343. The zero-order valence-electron chi connectivity index (χ0n) is 6.78. The van der Waals surface area contributed by atoms with E-state index in [-0.39, 0.29) is 15.5 Å². The summed E-state index contributed by atoms with van der Waals surface area (Å²) in [6.07, 6.45) is 0. The maximum absolute atomic E-state index is 11.3. The lowest BCUT2D eigenvalue weighted by Crippen LogP contribution is -2.08. The van der Waals surface area contributed by atoms with E-state index in [0.717, 1.165) is 11.3 Å². The summed E-state index contributed by atoms with van der Waals surface area (Å²) in [7, 11) is 0. The fraction of sp³-hybridized carbons (Fsp3) is 0.250. The molecule has 1 heterocycles. The van der Waals surface area contributed by atoms with Crippen molar-refractivity contribution >= 4 is 39.0 Å². The second kappa shape index (κ2) is 4.02. The number of hydrogen-bond donors (Lipinski definition) is 1. The molecule has 1 aromatic rings. The summed E-state index contributed by atoms with van der Waals surface area (Å²) < 4.78 is 0. The first-order valence-electron chi connectivity index (χ1n) is 3.52. The van der Waals surface area contributed by atoms with Gasteiger partial charge in [0.25, 0.3) is 0 Å². The molecule has 0 saturated carbocycles. The molecule has 0 saturated heterocycles. The van der Waals surface area contributed by atoms with E-state index in [1.54, 1.807) is 12.3 Å². The highest BCUT2D eigenvalue weighted by Gasteiger charge is 2.15. The smallest absolute Gasteiger partial charge is 0.345 e. The van der Waals surface area contributed by atoms with Crippen LogP contribution in [0.4, 0.5) is 0 Å². The van der Waals surface area contributed by atoms with Gasteiger partial charge in [-0.15, -0.1) is 11.3 Å². The zero-order valence-corrected chi connectivity index (χ0v) is 9.18. The predicted molar refractivity (Wildman–Crippen MR) is 54.0 cm³/mol. The molecule has 1 N–H and O–H groups in total. The molecular weight excluding hydrogens is 256 g/mol. The van der Waals surface area contributed by atoms with Crippen molar-refractivity contribution in [2.45, 2.75) is 11.8 Å². The van der Waals surface area contributed by atoms with Gasteiger partial charge in [-0.05, 0) is 13.0 Å². The lowest BCUT2D eigenvalue weighted by Gasteiger charge is -1.97. The van der Waals surface area contributed by atoms with Crippen LogP contribution in [0.15, 0.2) is 11.4 Å². The van der Waals surface area contributed by atoms with Crippen molar-refractivity contribution < 1.29 is 14.7 Å². The van der Waals surface area contributed by atoms with Gasteiger partial charge in [-0.2, -0.15) is 0 Å². The van der Waals surface area contributed by atoms with Gasteiger partial charge in [0.2, 0.25) is 0 Å². The minimum atomic E-state index is -0.994. The minimum Gasteiger partial charge on any atom is -0.477 e. The van der Waals surface area contributed by atoms with Crippen molar-refractivity contribution in [3.05, 3.63) is 21.9 Å². The van der Waals surface area contributed by atoms with Crippen LogP contribution in [0.5, 0.6) is 0 Å². The van der Waals surface area contributed by atoms with Gasteiger partial charge in [0.05, 0.1) is 4.83 Å². The van der Waals surface area contributed by atoms with E-state index in [9.17, 15) is 9.59 Å². The number of carbonyl (C=O) groups is 2. The number of ketones is 1. The first-order chi connectivity index (χ1) is 6.02. The molecule has 0 aliphatic carbocycles. The minimum absolute atomic E-state index is 0.0937. The van der Waals surface area contributed by atoms with Gasteiger partial charge in [0.1, 0.15) is 4.88 Å². The average Bonchev–Trinajstić information content (AvgIpc) is 2.50. The summed E-state index contributed by atoms with van der Waals surface area (Å²) in [5.41, 5.74) is 0.451. The highest BCUT2D eigenvalue weighted by Crippen LogP contribution is 2.18. The van der Waals surface area contributed by atoms with Crippen molar-refractivity contribution in [3.8, 4) is 0 Å². The Morgan fingerprint density at radius 1 is 1.62 bits per heavy atom. The van der Waals surface area contributed by atoms with Crippen LogP contribution in [-0.4, -0.2) is 21.7 Å². The predicted octanol–water partition coefficient (Wildman–Crippen LogP) is 2.41. The summed E-state index contributed by atoms with van der Waals surface area (Å²) in [6.45, 7) is 1.71. The van der Waals surface area contributed by atoms with Crippen molar-refractivity contribution in [1.82, 2.24) is 0 Å². The fourth-order valence-electron chi connectivity index (χ4n) is 0.807. The molecule has 0 spiro atoms. The molecule has 0 fully saturated rings. The topological polar surface area (TPSA) is 54.4 Å². The van der Waals surface area contributed by atoms with E-state index in [1.807, 2.05) is 0 Å². The van der Waals surface area contributed by atoms with Crippen molar-refractivity contribution in [2.75, 3.05) is 0 Å². The maximum atomic E-state index is 11.3.